The summed E-state index contributed by atoms with van der Waals surface area (Å²) in [5.74, 6) is 0. The minimum atomic E-state index is 1.19. The van der Waals surface area contributed by atoms with Gasteiger partial charge in [-0.15, -0.1) is 0 Å². The third-order valence-electron chi connectivity index (χ3n) is 3.78. The zero-order valence-corrected chi connectivity index (χ0v) is 14.5. The van der Waals surface area contributed by atoms with Gasteiger partial charge in [-0.05, 0) is 42.3 Å². The lowest BCUT2D eigenvalue weighted by Gasteiger charge is -2.20. The van der Waals surface area contributed by atoms with Crippen LogP contribution in [0.4, 0.5) is 11.4 Å². The summed E-state index contributed by atoms with van der Waals surface area (Å²) in [6, 6.07) is 27.7. The van der Waals surface area contributed by atoms with Crippen molar-refractivity contribution < 1.29 is 0 Å². The Morgan fingerprint density at radius 2 is 1.00 bits per heavy atom. The molecule has 3 aromatic carbocycles. The van der Waals surface area contributed by atoms with E-state index in [9.17, 15) is 0 Å². The monoisotopic (exact) mass is 303 g/mol. The van der Waals surface area contributed by atoms with E-state index in [1.165, 1.54) is 28.1 Å². The maximum Gasteiger partial charge on any atom is 0.0408 e. The molecule has 118 valence electrons. The van der Waals surface area contributed by atoms with Crippen molar-refractivity contribution in [1.29, 1.82) is 0 Å². The van der Waals surface area contributed by atoms with Gasteiger partial charge in [-0.3, -0.25) is 0 Å². The van der Waals surface area contributed by atoms with Crippen molar-refractivity contribution in [2.24, 2.45) is 0 Å². The normalized spacial score (nSPS) is 9.74. The van der Waals surface area contributed by atoms with Gasteiger partial charge >= 0.3 is 0 Å². The van der Waals surface area contributed by atoms with Gasteiger partial charge in [0, 0.05) is 18.4 Å². The summed E-state index contributed by atoms with van der Waals surface area (Å²) in [7, 11) is 2.10. The number of hydrogen-bond acceptors (Lipinski definition) is 1. The second-order valence-corrected chi connectivity index (χ2v) is 5.31. The second kappa shape index (κ2) is 8.19. The van der Waals surface area contributed by atoms with E-state index in [4.69, 9.17) is 0 Å². The number of nitrogens with zero attached hydrogens (tertiary/aromatic N) is 1. The molecule has 0 bridgehead atoms. The molecule has 0 aliphatic carbocycles. The molecular weight excluding hydrogens is 278 g/mol. The maximum absolute atomic E-state index is 2.20. The fraction of sp³-hybridized carbons (Fsp3) is 0.182. The van der Waals surface area contributed by atoms with Crippen LogP contribution in [0, 0.1) is 6.92 Å². The van der Waals surface area contributed by atoms with Gasteiger partial charge in [0.25, 0.3) is 0 Å². The van der Waals surface area contributed by atoms with Crippen LogP contribution in [0.2, 0.25) is 0 Å². The first-order chi connectivity index (χ1) is 11.2. The van der Waals surface area contributed by atoms with E-state index in [1.807, 2.05) is 19.9 Å². The van der Waals surface area contributed by atoms with Crippen LogP contribution in [0.1, 0.15) is 19.4 Å². The molecule has 0 aliphatic rings. The highest BCUT2D eigenvalue weighted by molar-refractivity contribution is 5.69. The quantitative estimate of drug-likeness (QED) is 0.537. The average molecular weight is 303 g/mol. The fourth-order valence-corrected chi connectivity index (χ4v) is 2.43. The SMILES string of the molecule is CC.Cc1ccc(N(C)c2ccc(-c3ccccc3)cc2)cc1. The largest absolute Gasteiger partial charge is 0.345 e. The molecule has 0 unspecified atom stereocenters. The minimum absolute atomic E-state index is 1.19. The smallest absolute Gasteiger partial charge is 0.0408 e. The van der Waals surface area contributed by atoms with Crippen LogP contribution in [-0.4, -0.2) is 7.05 Å². The summed E-state index contributed by atoms with van der Waals surface area (Å²) >= 11 is 0. The number of benzene rings is 3. The Balaban J connectivity index is 0.000000924. The Bertz CT molecular complexity index is 697. The van der Waals surface area contributed by atoms with E-state index in [1.54, 1.807) is 0 Å². The van der Waals surface area contributed by atoms with Crippen LogP contribution in [-0.2, 0) is 0 Å². The molecule has 0 amide bonds. The van der Waals surface area contributed by atoms with E-state index in [0.29, 0.717) is 0 Å². The first-order valence-electron chi connectivity index (χ1n) is 8.20. The zero-order chi connectivity index (χ0) is 16.7. The maximum atomic E-state index is 2.20. The third-order valence-corrected chi connectivity index (χ3v) is 3.78. The molecule has 0 spiro atoms. The van der Waals surface area contributed by atoms with Crippen LogP contribution >= 0.6 is 0 Å². The van der Waals surface area contributed by atoms with Crippen molar-refractivity contribution in [3.63, 3.8) is 0 Å². The van der Waals surface area contributed by atoms with Crippen molar-refractivity contribution in [2.45, 2.75) is 20.8 Å². The van der Waals surface area contributed by atoms with E-state index >= 15 is 0 Å². The molecule has 23 heavy (non-hydrogen) atoms. The first-order valence-corrected chi connectivity index (χ1v) is 8.20. The minimum Gasteiger partial charge on any atom is -0.345 e. The molecule has 1 nitrogen and oxygen atoms in total. The lowest BCUT2D eigenvalue weighted by atomic mass is 10.1. The molecule has 0 N–H and O–H groups in total. The first kappa shape index (κ1) is 16.8. The molecule has 0 radical (unpaired) electrons. The predicted molar refractivity (Wildman–Crippen MR) is 102 cm³/mol. The molecular formula is C22H25N. The fourth-order valence-electron chi connectivity index (χ4n) is 2.43. The summed E-state index contributed by atoms with van der Waals surface area (Å²) in [6.07, 6.45) is 0. The average Bonchev–Trinajstić information content (AvgIpc) is 2.64. The van der Waals surface area contributed by atoms with E-state index in [0.717, 1.165) is 0 Å². The van der Waals surface area contributed by atoms with Gasteiger partial charge < -0.3 is 4.90 Å². The summed E-state index contributed by atoms with van der Waals surface area (Å²) < 4.78 is 0. The molecule has 1 heteroatoms. The molecule has 0 atom stereocenters. The molecule has 0 aliphatic heterocycles. The molecule has 0 fully saturated rings. The Morgan fingerprint density at radius 3 is 1.52 bits per heavy atom. The van der Waals surface area contributed by atoms with Crippen molar-refractivity contribution in [2.75, 3.05) is 11.9 Å². The Hall–Kier alpha value is -2.54. The van der Waals surface area contributed by atoms with Crippen LogP contribution < -0.4 is 4.90 Å². The summed E-state index contributed by atoms with van der Waals surface area (Å²) in [5.41, 5.74) is 6.18. The van der Waals surface area contributed by atoms with Crippen LogP contribution in [0.5, 0.6) is 0 Å². The van der Waals surface area contributed by atoms with Gasteiger partial charge in [-0.1, -0.05) is 74.0 Å². The van der Waals surface area contributed by atoms with Crippen molar-refractivity contribution in [3.8, 4) is 11.1 Å². The van der Waals surface area contributed by atoms with E-state index < -0.39 is 0 Å². The van der Waals surface area contributed by atoms with Crippen molar-refractivity contribution in [3.05, 3.63) is 84.4 Å². The molecule has 3 aromatic rings. The highest BCUT2D eigenvalue weighted by Gasteiger charge is 2.04. The Labute approximate surface area is 140 Å². The van der Waals surface area contributed by atoms with Crippen molar-refractivity contribution in [1.82, 2.24) is 0 Å². The lowest BCUT2D eigenvalue weighted by Crippen LogP contribution is -2.08. The number of rotatable bonds is 3. The molecule has 3 rings (SSSR count). The number of anilines is 2. The Kier molecular flexibility index (Phi) is 5.99. The topological polar surface area (TPSA) is 3.24 Å². The number of aryl methyl sites for hydroxylation is 1. The van der Waals surface area contributed by atoms with Crippen molar-refractivity contribution >= 4 is 11.4 Å². The third kappa shape index (κ3) is 4.23. The molecule has 0 saturated carbocycles. The van der Waals surface area contributed by atoms with Gasteiger partial charge in [0.15, 0.2) is 0 Å². The van der Waals surface area contributed by atoms with E-state index in [2.05, 4.69) is 91.7 Å². The Morgan fingerprint density at radius 1 is 0.565 bits per heavy atom. The summed E-state index contributed by atoms with van der Waals surface area (Å²) in [4.78, 5) is 2.20. The molecule has 0 heterocycles. The summed E-state index contributed by atoms with van der Waals surface area (Å²) in [6.45, 7) is 6.11. The molecule has 0 aromatic heterocycles. The van der Waals surface area contributed by atoms with E-state index in [-0.39, 0.29) is 0 Å². The summed E-state index contributed by atoms with van der Waals surface area (Å²) in [5, 5.41) is 0. The standard InChI is InChI=1S/C20H19N.C2H6/c1-16-8-12-19(13-9-16)21(2)20-14-10-18(11-15-20)17-6-4-3-5-7-17;1-2/h3-15H,1-2H3;1-2H3. The molecule has 0 saturated heterocycles. The lowest BCUT2D eigenvalue weighted by molar-refractivity contribution is 1.20. The van der Waals surface area contributed by atoms with Gasteiger partial charge in [-0.25, -0.2) is 0 Å². The highest BCUT2D eigenvalue weighted by atomic mass is 15.1. The zero-order valence-electron chi connectivity index (χ0n) is 14.5. The van der Waals surface area contributed by atoms with Gasteiger partial charge in [0.05, 0.1) is 0 Å². The predicted octanol–water partition coefficient (Wildman–Crippen LogP) is 6.46. The number of hydrogen-bond donors (Lipinski definition) is 0. The highest BCUT2D eigenvalue weighted by Crippen LogP contribution is 2.27. The second-order valence-electron chi connectivity index (χ2n) is 5.31. The van der Waals surface area contributed by atoms with Gasteiger partial charge in [0.2, 0.25) is 0 Å². The van der Waals surface area contributed by atoms with Gasteiger partial charge in [-0.2, -0.15) is 0 Å². The van der Waals surface area contributed by atoms with Crippen LogP contribution in [0.15, 0.2) is 78.9 Å². The van der Waals surface area contributed by atoms with Gasteiger partial charge in [0.1, 0.15) is 0 Å². The van der Waals surface area contributed by atoms with Crippen LogP contribution in [0.25, 0.3) is 11.1 Å². The van der Waals surface area contributed by atoms with Crippen LogP contribution in [0.3, 0.4) is 0 Å².